The minimum Gasteiger partial charge on any atom is -0.508 e. The van der Waals surface area contributed by atoms with Crippen molar-refractivity contribution in [2.24, 2.45) is 0 Å². The van der Waals surface area contributed by atoms with Crippen molar-refractivity contribution < 1.29 is 9.84 Å². The summed E-state index contributed by atoms with van der Waals surface area (Å²) in [6, 6.07) is 7.46. The third-order valence-electron chi connectivity index (χ3n) is 2.71. The molecule has 1 heterocycles. The second-order valence-corrected chi connectivity index (χ2v) is 3.75. The number of phenols is 1. The fourth-order valence-electron chi connectivity index (χ4n) is 1.82. The Morgan fingerprint density at radius 2 is 2.12 bits per heavy atom. The van der Waals surface area contributed by atoms with E-state index in [0.29, 0.717) is 5.56 Å². The predicted molar refractivity (Wildman–Crippen MR) is 60.5 cm³/mol. The molecule has 84 valence electrons. The van der Waals surface area contributed by atoms with Crippen LogP contribution in [0, 0.1) is 11.3 Å². The Hall–Kier alpha value is -1.73. The van der Waals surface area contributed by atoms with Crippen LogP contribution in [-0.2, 0) is 11.2 Å². The lowest BCUT2D eigenvalue weighted by atomic mass is 10.1. The van der Waals surface area contributed by atoms with Gasteiger partial charge in [-0.3, -0.25) is 0 Å². The highest BCUT2D eigenvalue weighted by molar-refractivity contribution is 5.53. The van der Waals surface area contributed by atoms with Crippen LogP contribution < -0.4 is 4.90 Å². The number of aromatic hydroxyl groups is 1. The largest absolute Gasteiger partial charge is 0.508 e. The summed E-state index contributed by atoms with van der Waals surface area (Å²) in [6.07, 6.45) is 0.240. The fraction of sp³-hybridized carbons (Fsp3) is 0.417. The molecule has 4 nitrogen and oxygen atoms in total. The first-order valence-corrected chi connectivity index (χ1v) is 5.33. The number of phenolic OH excluding ortho intramolecular Hbond substituents is 1. The van der Waals surface area contributed by atoms with Gasteiger partial charge in [-0.1, -0.05) is 0 Å². The van der Waals surface area contributed by atoms with E-state index < -0.39 is 0 Å². The van der Waals surface area contributed by atoms with Gasteiger partial charge in [0.25, 0.3) is 0 Å². The topological polar surface area (TPSA) is 56.5 Å². The number of hydrogen-bond donors (Lipinski definition) is 1. The second kappa shape index (κ2) is 4.86. The molecule has 0 bridgehead atoms. The Balaban J connectivity index is 2.21. The number of rotatable bonds is 2. The van der Waals surface area contributed by atoms with Gasteiger partial charge in [-0.15, -0.1) is 0 Å². The van der Waals surface area contributed by atoms with Crippen molar-refractivity contribution in [3.63, 3.8) is 0 Å². The maximum Gasteiger partial charge on any atom is 0.119 e. The van der Waals surface area contributed by atoms with Gasteiger partial charge in [0.15, 0.2) is 0 Å². The predicted octanol–water partition coefficient (Wildman–Crippen LogP) is 1.29. The lowest BCUT2D eigenvalue weighted by molar-refractivity contribution is 0.122. The SMILES string of the molecule is N#CCc1cc(N2CCOCC2)ccc1O. The summed E-state index contributed by atoms with van der Waals surface area (Å²) in [6.45, 7) is 3.18. The van der Waals surface area contributed by atoms with E-state index in [1.54, 1.807) is 6.07 Å². The van der Waals surface area contributed by atoms with E-state index in [1.807, 2.05) is 12.1 Å². The van der Waals surface area contributed by atoms with Crippen molar-refractivity contribution in [2.45, 2.75) is 6.42 Å². The first-order valence-electron chi connectivity index (χ1n) is 5.33. The third-order valence-corrected chi connectivity index (χ3v) is 2.71. The van der Waals surface area contributed by atoms with Crippen molar-refractivity contribution in [1.29, 1.82) is 5.26 Å². The summed E-state index contributed by atoms with van der Waals surface area (Å²) in [4.78, 5) is 2.20. The number of anilines is 1. The zero-order chi connectivity index (χ0) is 11.4. The molecule has 1 fully saturated rings. The smallest absolute Gasteiger partial charge is 0.119 e. The number of benzene rings is 1. The normalized spacial score (nSPS) is 15.8. The summed E-state index contributed by atoms with van der Waals surface area (Å²) < 4.78 is 5.28. The van der Waals surface area contributed by atoms with Crippen LogP contribution in [0.15, 0.2) is 18.2 Å². The molecule has 0 spiro atoms. The van der Waals surface area contributed by atoms with Crippen LogP contribution in [0.5, 0.6) is 5.75 Å². The Morgan fingerprint density at radius 3 is 2.81 bits per heavy atom. The van der Waals surface area contributed by atoms with Crippen LogP contribution in [0.25, 0.3) is 0 Å². The van der Waals surface area contributed by atoms with E-state index in [0.717, 1.165) is 32.0 Å². The molecule has 2 rings (SSSR count). The number of nitriles is 1. The molecule has 1 saturated heterocycles. The molecule has 1 aromatic carbocycles. The standard InChI is InChI=1S/C12H14N2O2/c13-4-3-10-9-11(1-2-12(10)15)14-5-7-16-8-6-14/h1-2,9,15H,3,5-8H2. The lowest BCUT2D eigenvalue weighted by Crippen LogP contribution is -2.36. The van der Waals surface area contributed by atoms with Gasteiger partial charge in [0, 0.05) is 24.3 Å². The van der Waals surface area contributed by atoms with Crippen LogP contribution >= 0.6 is 0 Å². The molecular weight excluding hydrogens is 204 g/mol. The first kappa shape index (κ1) is 10.8. The molecule has 1 aromatic rings. The zero-order valence-electron chi connectivity index (χ0n) is 9.02. The maximum atomic E-state index is 9.57. The van der Waals surface area contributed by atoms with Crippen LogP contribution in [0.2, 0.25) is 0 Å². The Bertz CT molecular complexity index is 406. The van der Waals surface area contributed by atoms with Gasteiger partial charge in [-0.05, 0) is 18.2 Å². The van der Waals surface area contributed by atoms with Gasteiger partial charge < -0.3 is 14.7 Å². The van der Waals surface area contributed by atoms with E-state index in [1.165, 1.54) is 0 Å². The van der Waals surface area contributed by atoms with Crippen LogP contribution in [0.4, 0.5) is 5.69 Å². The number of hydrogen-bond acceptors (Lipinski definition) is 4. The van der Waals surface area contributed by atoms with Crippen molar-refractivity contribution in [3.8, 4) is 11.8 Å². The average molecular weight is 218 g/mol. The molecule has 1 N–H and O–H groups in total. The zero-order valence-corrected chi connectivity index (χ0v) is 9.02. The van der Waals surface area contributed by atoms with Gasteiger partial charge in [0.1, 0.15) is 5.75 Å². The number of nitrogens with zero attached hydrogens (tertiary/aromatic N) is 2. The van der Waals surface area contributed by atoms with E-state index in [-0.39, 0.29) is 12.2 Å². The van der Waals surface area contributed by atoms with Gasteiger partial charge in [0.05, 0.1) is 25.7 Å². The van der Waals surface area contributed by atoms with Crippen molar-refractivity contribution in [1.82, 2.24) is 0 Å². The third kappa shape index (κ3) is 2.26. The van der Waals surface area contributed by atoms with E-state index in [2.05, 4.69) is 11.0 Å². The highest BCUT2D eigenvalue weighted by Crippen LogP contribution is 2.24. The average Bonchev–Trinajstić information content (AvgIpc) is 2.33. The summed E-state index contributed by atoms with van der Waals surface area (Å²) >= 11 is 0. The summed E-state index contributed by atoms with van der Waals surface area (Å²) in [5.41, 5.74) is 1.73. The summed E-state index contributed by atoms with van der Waals surface area (Å²) in [5, 5.41) is 18.2. The minimum atomic E-state index is 0.193. The maximum absolute atomic E-state index is 9.57. The lowest BCUT2D eigenvalue weighted by Gasteiger charge is -2.29. The van der Waals surface area contributed by atoms with E-state index >= 15 is 0 Å². The van der Waals surface area contributed by atoms with Crippen LogP contribution in [0.3, 0.4) is 0 Å². The Morgan fingerprint density at radius 1 is 1.38 bits per heavy atom. The molecule has 1 aliphatic heterocycles. The first-order chi connectivity index (χ1) is 7.81. The monoisotopic (exact) mass is 218 g/mol. The quantitative estimate of drug-likeness (QED) is 0.812. The Labute approximate surface area is 94.7 Å². The molecule has 0 amide bonds. The van der Waals surface area contributed by atoms with Gasteiger partial charge in [-0.25, -0.2) is 0 Å². The number of ether oxygens (including phenoxy) is 1. The van der Waals surface area contributed by atoms with E-state index in [9.17, 15) is 5.11 Å². The highest BCUT2D eigenvalue weighted by Gasteiger charge is 2.12. The fourth-order valence-corrected chi connectivity index (χ4v) is 1.82. The van der Waals surface area contributed by atoms with Crippen molar-refractivity contribution in [2.75, 3.05) is 31.2 Å². The number of morpholine rings is 1. The van der Waals surface area contributed by atoms with Crippen LogP contribution in [-0.4, -0.2) is 31.4 Å². The molecule has 4 heteroatoms. The minimum absolute atomic E-state index is 0.193. The van der Waals surface area contributed by atoms with Gasteiger partial charge in [-0.2, -0.15) is 5.26 Å². The van der Waals surface area contributed by atoms with Crippen molar-refractivity contribution in [3.05, 3.63) is 23.8 Å². The van der Waals surface area contributed by atoms with Gasteiger partial charge >= 0.3 is 0 Å². The molecule has 16 heavy (non-hydrogen) atoms. The molecule has 0 saturated carbocycles. The van der Waals surface area contributed by atoms with Crippen molar-refractivity contribution >= 4 is 5.69 Å². The highest BCUT2D eigenvalue weighted by atomic mass is 16.5. The van der Waals surface area contributed by atoms with Crippen LogP contribution in [0.1, 0.15) is 5.56 Å². The second-order valence-electron chi connectivity index (χ2n) is 3.75. The molecule has 0 aromatic heterocycles. The molecule has 0 unspecified atom stereocenters. The molecule has 0 radical (unpaired) electrons. The Kier molecular flexibility index (Phi) is 3.28. The molecule has 0 aliphatic carbocycles. The van der Waals surface area contributed by atoms with Gasteiger partial charge in [0.2, 0.25) is 0 Å². The molecule has 1 aliphatic rings. The summed E-state index contributed by atoms with van der Waals surface area (Å²) in [7, 11) is 0. The van der Waals surface area contributed by atoms with E-state index in [4.69, 9.17) is 10.00 Å². The summed E-state index contributed by atoms with van der Waals surface area (Å²) in [5.74, 6) is 0.193. The molecule has 0 atom stereocenters. The molecular formula is C12H14N2O2.